The van der Waals surface area contributed by atoms with E-state index in [-0.39, 0.29) is 22.5 Å². The van der Waals surface area contributed by atoms with Gasteiger partial charge in [0.05, 0.1) is 23.9 Å². The van der Waals surface area contributed by atoms with Gasteiger partial charge in [-0.05, 0) is 30.3 Å². The van der Waals surface area contributed by atoms with Gasteiger partial charge in [0, 0.05) is 11.1 Å². The molecule has 9 heteroatoms. The van der Waals surface area contributed by atoms with Crippen molar-refractivity contribution in [1.82, 2.24) is 9.97 Å². The maximum Gasteiger partial charge on any atom is 0.355 e. The summed E-state index contributed by atoms with van der Waals surface area (Å²) < 4.78 is 4.62. The average Bonchev–Trinajstić information content (AvgIpc) is 2.71. The molecule has 2 aromatic carbocycles. The lowest BCUT2D eigenvalue weighted by atomic mass is 10.2. The average molecular weight is 397 g/mol. The van der Waals surface area contributed by atoms with Gasteiger partial charge < -0.3 is 15.2 Å². The van der Waals surface area contributed by atoms with Crippen LogP contribution in [0.2, 0.25) is 0 Å². The lowest BCUT2D eigenvalue weighted by molar-refractivity contribution is -0.113. The number of aromatic carboxylic acids is 1. The molecule has 0 aliphatic carbocycles. The summed E-state index contributed by atoms with van der Waals surface area (Å²) in [5.74, 6) is -1.94. The van der Waals surface area contributed by atoms with Crippen LogP contribution >= 0.6 is 11.8 Å². The maximum atomic E-state index is 12.1. The fraction of sp³-hybridized carbons (Fsp3) is 0.105. The first-order chi connectivity index (χ1) is 13.5. The zero-order chi connectivity index (χ0) is 20.1. The van der Waals surface area contributed by atoms with E-state index in [4.69, 9.17) is 0 Å². The highest BCUT2D eigenvalue weighted by molar-refractivity contribution is 7.99. The SMILES string of the molecule is COC(=O)c1ccc(NC(=O)CSc2nc(C(=O)O)c3ccccc3n2)cc1. The summed E-state index contributed by atoms with van der Waals surface area (Å²) in [6.45, 7) is 0. The normalized spacial score (nSPS) is 10.5. The van der Waals surface area contributed by atoms with Crippen LogP contribution in [0.3, 0.4) is 0 Å². The van der Waals surface area contributed by atoms with E-state index in [0.29, 0.717) is 22.2 Å². The molecule has 0 spiro atoms. The number of rotatable bonds is 6. The van der Waals surface area contributed by atoms with E-state index in [2.05, 4.69) is 20.0 Å². The molecule has 0 bridgehead atoms. The second-order valence-corrected chi connectivity index (χ2v) is 6.53. The van der Waals surface area contributed by atoms with Gasteiger partial charge >= 0.3 is 11.9 Å². The second kappa shape index (κ2) is 8.49. The van der Waals surface area contributed by atoms with E-state index in [9.17, 15) is 19.5 Å². The van der Waals surface area contributed by atoms with Gasteiger partial charge in [-0.25, -0.2) is 19.6 Å². The van der Waals surface area contributed by atoms with Gasteiger partial charge in [-0.15, -0.1) is 0 Å². The van der Waals surface area contributed by atoms with E-state index in [0.717, 1.165) is 11.8 Å². The molecule has 0 fully saturated rings. The van der Waals surface area contributed by atoms with Crippen LogP contribution in [0.15, 0.2) is 53.7 Å². The number of para-hydroxylation sites is 1. The second-order valence-electron chi connectivity index (χ2n) is 5.58. The number of carbonyl (C=O) groups is 3. The Morgan fingerprint density at radius 3 is 2.46 bits per heavy atom. The molecule has 0 aliphatic heterocycles. The number of hydrogen-bond acceptors (Lipinski definition) is 7. The summed E-state index contributed by atoms with van der Waals surface area (Å²) in [6, 6.07) is 13.0. The molecule has 0 saturated heterocycles. The Morgan fingerprint density at radius 1 is 1.07 bits per heavy atom. The molecular formula is C19H15N3O5S. The third kappa shape index (κ3) is 4.44. The van der Waals surface area contributed by atoms with E-state index in [1.54, 1.807) is 48.5 Å². The Labute approximate surface area is 163 Å². The maximum absolute atomic E-state index is 12.1. The largest absolute Gasteiger partial charge is 0.476 e. The van der Waals surface area contributed by atoms with E-state index in [1.807, 2.05) is 0 Å². The van der Waals surface area contributed by atoms with Crippen molar-refractivity contribution in [3.8, 4) is 0 Å². The Bertz CT molecular complexity index is 1050. The number of nitrogens with one attached hydrogen (secondary N) is 1. The minimum Gasteiger partial charge on any atom is -0.476 e. The molecule has 0 radical (unpaired) electrons. The third-order valence-corrected chi connectivity index (χ3v) is 4.55. The number of thioether (sulfide) groups is 1. The molecule has 1 amide bonds. The molecule has 0 aliphatic rings. The van der Waals surface area contributed by atoms with Crippen LogP contribution in [0.1, 0.15) is 20.8 Å². The first-order valence-electron chi connectivity index (χ1n) is 8.09. The molecular weight excluding hydrogens is 382 g/mol. The Morgan fingerprint density at radius 2 is 1.79 bits per heavy atom. The highest BCUT2D eigenvalue weighted by Gasteiger charge is 2.15. The Kier molecular flexibility index (Phi) is 5.85. The van der Waals surface area contributed by atoms with E-state index < -0.39 is 11.9 Å². The van der Waals surface area contributed by atoms with Crippen molar-refractivity contribution < 1.29 is 24.2 Å². The minimum atomic E-state index is -1.16. The molecule has 0 unspecified atom stereocenters. The monoisotopic (exact) mass is 397 g/mol. The number of methoxy groups -OCH3 is 1. The van der Waals surface area contributed by atoms with Gasteiger partial charge in [0.15, 0.2) is 10.9 Å². The summed E-state index contributed by atoms with van der Waals surface area (Å²) >= 11 is 1.03. The summed E-state index contributed by atoms with van der Waals surface area (Å²) in [5, 5.41) is 12.7. The van der Waals surface area contributed by atoms with Crippen molar-refractivity contribution in [2.45, 2.75) is 5.16 Å². The molecule has 28 heavy (non-hydrogen) atoms. The summed E-state index contributed by atoms with van der Waals surface area (Å²) in [7, 11) is 1.29. The smallest absolute Gasteiger partial charge is 0.355 e. The van der Waals surface area contributed by atoms with Gasteiger partial charge in [0.1, 0.15) is 0 Å². The number of aromatic nitrogens is 2. The molecule has 1 aromatic heterocycles. The standard InChI is InChI=1S/C19H15N3O5S/c1-27-18(26)11-6-8-12(9-7-11)20-15(23)10-28-19-21-14-5-3-2-4-13(14)16(22-19)17(24)25/h2-9H,10H2,1H3,(H,20,23)(H,24,25). The van der Waals surface area contributed by atoms with Crippen LogP contribution in [-0.2, 0) is 9.53 Å². The van der Waals surface area contributed by atoms with Crippen molar-refractivity contribution in [1.29, 1.82) is 0 Å². The fourth-order valence-electron chi connectivity index (χ4n) is 2.42. The number of carboxylic acids is 1. The van der Waals surface area contributed by atoms with Gasteiger partial charge in [0.2, 0.25) is 5.91 Å². The Balaban J connectivity index is 1.67. The lowest BCUT2D eigenvalue weighted by Gasteiger charge is -2.07. The van der Waals surface area contributed by atoms with Gasteiger partial charge in [-0.3, -0.25) is 4.79 Å². The molecule has 2 N–H and O–H groups in total. The third-order valence-electron chi connectivity index (χ3n) is 3.71. The number of esters is 1. The zero-order valence-corrected chi connectivity index (χ0v) is 15.5. The summed E-state index contributed by atoms with van der Waals surface area (Å²) in [5.41, 5.74) is 1.28. The summed E-state index contributed by atoms with van der Waals surface area (Å²) in [6.07, 6.45) is 0. The predicted molar refractivity (Wildman–Crippen MR) is 104 cm³/mol. The van der Waals surface area contributed by atoms with Crippen LogP contribution in [0, 0.1) is 0 Å². The number of hydrogen-bond donors (Lipinski definition) is 2. The lowest BCUT2D eigenvalue weighted by Crippen LogP contribution is -2.15. The first kappa shape index (κ1) is 19.3. The molecule has 0 saturated carbocycles. The van der Waals surface area contributed by atoms with Gasteiger partial charge in [-0.1, -0.05) is 30.0 Å². The highest BCUT2D eigenvalue weighted by atomic mass is 32.2. The van der Waals surface area contributed by atoms with Crippen LogP contribution in [0.25, 0.3) is 10.9 Å². The molecule has 142 valence electrons. The van der Waals surface area contributed by atoms with Crippen LogP contribution in [0.5, 0.6) is 0 Å². The summed E-state index contributed by atoms with van der Waals surface area (Å²) in [4.78, 5) is 43.3. The van der Waals surface area contributed by atoms with E-state index in [1.165, 1.54) is 7.11 Å². The van der Waals surface area contributed by atoms with E-state index >= 15 is 0 Å². The predicted octanol–water partition coefficient (Wildman–Crippen LogP) is 2.85. The molecule has 1 heterocycles. The van der Waals surface area contributed by atoms with Crippen LogP contribution in [-0.4, -0.2) is 45.8 Å². The number of ether oxygens (including phenoxy) is 1. The Hall–Kier alpha value is -3.46. The first-order valence-corrected chi connectivity index (χ1v) is 9.07. The van der Waals surface area contributed by atoms with Crippen molar-refractivity contribution in [2.24, 2.45) is 0 Å². The quantitative estimate of drug-likeness (QED) is 0.370. The minimum absolute atomic E-state index is 0.00382. The molecule has 0 atom stereocenters. The number of fused-ring (bicyclic) bond motifs is 1. The number of nitrogens with zero attached hydrogens (tertiary/aromatic N) is 2. The zero-order valence-electron chi connectivity index (χ0n) is 14.7. The molecule has 3 rings (SSSR count). The number of amides is 1. The number of benzene rings is 2. The highest BCUT2D eigenvalue weighted by Crippen LogP contribution is 2.21. The number of anilines is 1. The number of carboxylic acid groups (broad SMARTS) is 1. The molecule has 8 nitrogen and oxygen atoms in total. The van der Waals surface area contributed by atoms with Crippen molar-refractivity contribution in [3.63, 3.8) is 0 Å². The topological polar surface area (TPSA) is 118 Å². The van der Waals surface area contributed by atoms with Gasteiger partial charge in [-0.2, -0.15) is 0 Å². The van der Waals surface area contributed by atoms with Crippen LogP contribution < -0.4 is 5.32 Å². The van der Waals surface area contributed by atoms with Crippen molar-refractivity contribution >= 4 is 46.2 Å². The van der Waals surface area contributed by atoms with Crippen LogP contribution in [0.4, 0.5) is 5.69 Å². The van der Waals surface area contributed by atoms with Crippen molar-refractivity contribution in [2.75, 3.05) is 18.2 Å². The van der Waals surface area contributed by atoms with Gasteiger partial charge in [0.25, 0.3) is 0 Å². The fourth-order valence-corrected chi connectivity index (χ4v) is 3.07. The number of carbonyl (C=O) groups excluding carboxylic acids is 2. The molecule has 3 aromatic rings. The van der Waals surface area contributed by atoms with Crippen molar-refractivity contribution in [3.05, 3.63) is 59.8 Å².